The van der Waals surface area contributed by atoms with Crippen LogP contribution in [0.3, 0.4) is 0 Å². The van der Waals surface area contributed by atoms with Crippen LogP contribution < -0.4 is 0 Å². The molecule has 2 heterocycles. The van der Waals surface area contributed by atoms with E-state index in [1.54, 1.807) is 7.05 Å². The zero-order valence-electron chi connectivity index (χ0n) is 7.27. The van der Waals surface area contributed by atoms with E-state index in [1.165, 1.54) is 11.1 Å². The highest BCUT2D eigenvalue weighted by atomic mass is 16.6. The number of aliphatic imine (C=N–C) groups is 1. The van der Waals surface area contributed by atoms with Gasteiger partial charge in [0.1, 0.15) is 6.04 Å². The maximum Gasteiger partial charge on any atom is 0.307 e. The maximum absolute atomic E-state index is 11.1. The number of fused-ring (bicyclic) bond motifs is 1. The highest BCUT2D eigenvalue weighted by Crippen LogP contribution is 2.22. The van der Waals surface area contributed by atoms with Gasteiger partial charge in [-0.2, -0.15) is 0 Å². The van der Waals surface area contributed by atoms with Gasteiger partial charge < -0.3 is 9.64 Å². The molecular weight excluding hydrogens is 172 g/mol. The number of nitrogens with zero attached hydrogens (tertiary/aromatic N) is 2. The molecular formula is C8H10N2O3. The van der Waals surface area contributed by atoms with E-state index in [2.05, 4.69) is 4.99 Å². The van der Waals surface area contributed by atoms with E-state index in [4.69, 9.17) is 4.74 Å². The summed E-state index contributed by atoms with van der Waals surface area (Å²) in [6.07, 6.45) is 1.86. The summed E-state index contributed by atoms with van der Waals surface area (Å²) in [5.41, 5.74) is 0. The molecule has 5 heteroatoms. The zero-order chi connectivity index (χ0) is 9.42. The van der Waals surface area contributed by atoms with Crippen molar-refractivity contribution in [2.45, 2.75) is 25.1 Å². The number of hydrogen-bond acceptors (Lipinski definition) is 4. The number of likely N-dealkylation sites (N-methyl/N-ethyl adjacent to an activating group) is 1. The third-order valence-corrected chi connectivity index (χ3v) is 2.33. The standard InChI is InChI=1S/C8H10N2O3/c1-10-6(11)4-9-5-2-3-7(12)13-8(5)10/h4-5,8H,2-3H2,1H3. The lowest BCUT2D eigenvalue weighted by Gasteiger charge is -2.36. The van der Waals surface area contributed by atoms with Gasteiger partial charge in [0.2, 0.25) is 0 Å². The van der Waals surface area contributed by atoms with Crippen LogP contribution in [-0.2, 0) is 14.3 Å². The molecule has 0 saturated carbocycles. The van der Waals surface area contributed by atoms with Gasteiger partial charge in [0.25, 0.3) is 5.91 Å². The number of carbonyl (C=O) groups excluding carboxylic acids is 2. The van der Waals surface area contributed by atoms with E-state index in [1.807, 2.05) is 0 Å². The van der Waals surface area contributed by atoms with Gasteiger partial charge >= 0.3 is 5.97 Å². The van der Waals surface area contributed by atoms with Gasteiger partial charge in [0, 0.05) is 13.5 Å². The Morgan fingerprint density at radius 2 is 2.38 bits per heavy atom. The molecule has 5 nitrogen and oxygen atoms in total. The van der Waals surface area contributed by atoms with Crippen LogP contribution >= 0.6 is 0 Å². The number of carbonyl (C=O) groups is 2. The lowest BCUT2D eigenvalue weighted by Crippen LogP contribution is -2.52. The molecule has 1 saturated heterocycles. The molecule has 2 atom stereocenters. The summed E-state index contributed by atoms with van der Waals surface area (Å²) in [5.74, 6) is -0.464. The molecule has 0 N–H and O–H groups in total. The Hall–Kier alpha value is -1.39. The third-order valence-electron chi connectivity index (χ3n) is 2.33. The molecule has 13 heavy (non-hydrogen) atoms. The molecule has 2 aliphatic heterocycles. The topological polar surface area (TPSA) is 59.0 Å². The molecule has 0 aromatic heterocycles. The van der Waals surface area contributed by atoms with Crippen molar-refractivity contribution in [3.8, 4) is 0 Å². The summed E-state index contributed by atoms with van der Waals surface area (Å²) < 4.78 is 5.03. The van der Waals surface area contributed by atoms with Crippen molar-refractivity contribution in [2.24, 2.45) is 4.99 Å². The maximum atomic E-state index is 11.1. The Kier molecular flexibility index (Phi) is 1.79. The van der Waals surface area contributed by atoms with Crippen LogP contribution in [0.1, 0.15) is 12.8 Å². The third kappa shape index (κ3) is 1.30. The lowest BCUT2D eigenvalue weighted by atomic mass is 10.1. The first kappa shape index (κ1) is 8.22. The van der Waals surface area contributed by atoms with Crippen molar-refractivity contribution < 1.29 is 14.3 Å². The first-order valence-electron chi connectivity index (χ1n) is 4.18. The van der Waals surface area contributed by atoms with Crippen LogP contribution in [0.2, 0.25) is 0 Å². The molecule has 0 spiro atoms. The minimum atomic E-state index is -0.487. The molecule has 0 aromatic rings. The van der Waals surface area contributed by atoms with E-state index < -0.39 is 6.23 Å². The van der Waals surface area contributed by atoms with E-state index in [-0.39, 0.29) is 17.9 Å². The van der Waals surface area contributed by atoms with E-state index in [9.17, 15) is 9.59 Å². The second-order valence-corrected chi connectivity index (χ2v) is 3.21. The highest BCUT2D eigenvalue weighted by molar-refractivity contribution is 6.26. The fourth-order valence-corrected chi connectivity index (χ4v) is 1.54. The molecule has 2 unspecified atom stereocenters. The van der Waals surface area contributed by atoms with Crippen LogP contribution in [-0.4, -0.2) is 42.3 Å². The highest BCUT2D eigenvalue weighted by Gasteiger charge is 2.37. The first-order chi connectivity index (χ1) is 6.18. The number of hydrogen-bond donors (Lipinski definition) is 0. The van der Waals surface area contributed by atoms with E-state index in [0.717, 1.165) is 0 Å². The number of amides is 1. The Bertz CT molecular complexity index is 287. The Morgan fingerprint density at radius 3 is 3.15 bits per heavy atom. The summed E-state index contributed by atoms with van der Waals surface area (Å²) in [7, 11) is 1.61. The van der Waals surface area contributed by atoms with Crippen LogP contribution in [0.4, 0.5) is 0 Å². The predicted octanol–water partition coefficient (Wildman–Crippen LogP) is -0.439. The molecule has 2 rings (SSSR count). The molecule has 1 fully saturated rings. The van der Waals surface area contributed by atoms with E-state index >= 15 is 0 Å². The number of rotatable bonds is 0. The number of ether oxygens (including phenoxy) is 1. The van der Waals surface area contributed by atoms with Gasteiger partial charge in [0.15, 0.2) is 6.23 Å². The van der Waals surface area contributed by atoms with Crippen LogP contribution in [0.25, 0.3) is 0 Å². The van der Waals surface area contributed by atoms with Gasteiger partial charge in [-0.15, -0.1) is 0 Å². The van der Waals surface area contributed by atoms with Gasteiger partial charge in [0.05, 0.1) is 6.21 Å². The van der Waals surface area contributed by atoms with Crippen molar-refractivity contribution in [1.29, 1.82) is 0 Å². The van der Waals surface area contributed by atoms with Crippen molar-refractivity contribution in [2.75, 3.05) is 7.05 Å². The van der Waals surface area contributed by atoms with Gasteiger partial charge in [-0.3, -0.25) is 14.6 Å². The molecule has 0 aromatic carbocycles. The van der Waals surface area contributed by atoms with Gasteiger partial charge in [-0.1, -0.05) is 0 Å². The summed E-state index contributed by atoms with van der Waals surface area (Å²) in [6.45, 7) is 0. The monoisotopic (exact) mass is 182 g/mol. The molecule has 70 valence electrons. The van der Waals surface area contributed by atoms with Gasteiger partial charge in [-0.05, 0) is 6.42 Å². The normalized spacial score (nSPS) is 32.8. The number of esters is 1. The average Bonchev–Trinajstić information content (AvgIpc) is 2.12. The summed E-state index contributed by atoms with van der Waals surface area (Å²) in [5, 5.41) is 0. The van der Waals surface area contributed by atoms with Crippen LogP contribution in [0.15, 0.2) is 4.99 Å². The molecule has 0 aliphatic carbocycles. The molecule has 0 bridgehead atoms. The van der Waals surface area contributed by atoms with E-state index in [0.29, 0.717) is 12.8 Å². The fourth-order valence-electron chi connectivity index (χ4n) is 1.54. The molecule has 1 amide bonds. The second-order valence-electron chi connectivity index (χ2n) is 3.21. The van der Waals surface area contributed by atoms with Crippen LogP contribution in [0.5, 0.6) is 0 Å². The summed E-state index contributed by atoms with van der Waals surface area (Å²) >= 11 is 0. The minimum Gasteiger partial charge on any atom is -0.439 e. The summed E-state index contributed by atoms with van der Waals surface area (Å²) in [6, 6.07) is -0.0691. The SMILES string of the molecule is CN1C(=O)C=NC2CCC(=O)OC21. The van der Waals surface area contributed by atoms with Crippen molar-refractivity contribution in [1.82, 2.24) is 4.90 Å². The van der Waals surface area contributed by atoms with Crippen molar-refractivity contribution >= 4 is 18.1 Å². The summed E-state index contributed by atoms with van der Waals surface area (Å²) in [4.78, 5) is 27.5. The molecule has 0 radical (unpaired) electrons. The van der Waals surface area contributed by atoms with Crippen molar-refractivity contribution in [3.05, 3.63) is 0 Å². The Morgan fingerprint density at radius 1 is 1.62 bits per heavy atom. The zero-order valence-corrected chi connectivity index (χ0v) is 7.27. The Balaban J connectivity index is 2.22. The van der Waals surface area contributed by atoms with Crippen LogP contribution in [0, 0.1) is 0 Å². The largest absolute Gasteiger partial charge is 0.439 e. The minimum absolute atomic E-state index is 0.0691. The molecule has 2 aliphatic rings. The smallest absolute Gasteiger partial charge is 0.307 e. The predicted molar refractivity (Wildman–Crippen MR) is 44.2 cm³/mol. The second kappa shape index (κ2) is 2.83. The Labute approximate surface area is 75.4 Å². The first-order valence-corrected chi connectivity index (χ1v) is 4.18. The lowest BCUT2D eigenvalue weighted by molar-refractivity contribution is -0.170. The quantitative estimate of drug-likeness (QED) is 0.477. The van der Waals surface area contributed by atoms with Gasteiger partial charge in [-0.25, -0.2) is 0 Å². The van der Waals surface area contributed by atoms with Crippen molar-refractivity contribution in [3.63, 3.8) is 0 Å². The average molecular weight is 182 g/mol. The fraction of sp³-hybridized carbons (Fsp3) is 0.625.